The number of benzene rings is 2. The summed E-state index contributed by atoms with van der Waals surface area (Å²) in [5.41, 5.74) is 3.88. The van der Waals surface area contributed by atoms with Crippen LogP contribution in [0, 0.1) is 0 Å². The predicted molar refractivity (Wildman–Crippen MR) is 107 cm³/mol. The summed E-state index contributed by atoms with van der Waals surface area (Å²) in [4.78, 5) is 37.9. The molecule has 2 aromatic heterocycles. The lowest BCUT2D eigenvalue weighted by molar-refractivity contribution is -0.106. The smallest absolute Gasteiger partial charge is 0.307 e. The lowest BCUT2D eigenvalue weighted by atomic mass is 10.1. The van der Waals surface area contributed by atoms with Crippen LogP contribution in [-0.4, -0.2) is 27.4 Å². The summed E-state index contributed by atoms with van der Waals surface area (Å²) in [6.07, 6.45) is 5.31. The first-order valence-corrected chi connectivity index (χ1v) is 8.52. The zero-order chi connectivity index (χ0) is 19.3. The number of carbonyl (C=O) groups excluding carboxylic acids is 2. The van der Waals surface area contributed by atoms with Crippen LogP contribution >= 0.6 is 0 Å². The molecule has 0 saturated carbocycles. The Kier molecular flexibility index (Phi) is 4.71. The first-order chi connectivity index (χ1) is 13.7. The summed E-state index contributed by atoms with van der Waals surface area (Å²) in [7, 11) is 0. The molecule has 0 aliphatic rings. The molecule has 7 nitrogen and oxygen atoms in total. The summed E-state index contributed by atoms with van der Waals surface area (Å²) in [6, 6.07) is 17.3. The highest BCUT2D eigenvalue weighted by Gasteiger charge is 2.16. The van der Waals surface area contributed by atoms with Crippen LogP contribution in [0.4, 0.5) is 16.2 Å². The average Bonchev–Trinajstić information content (AvgIpc) is 2.75. The van der Waals surface area contributed by atoms with E-state index in [-0.39, 0.29) is 0 Å². The van der Waals surface area contributed by atoms with Crippen LogP contribution in [0.25, 0.3) is 22.3 Å². The van der Waals surface area contributed by atoms with Crippen LogP contribution in [0.15, 0.2) is 79.3 Å². The monoisotopic (exact) mass is 369 g/mol. The van der Waals surface area contributed by atoms with E-state index in [0.29, 0.717) is 28.8 Å². The van der Waals surface area contributed by atoms with Crippen molar-refractivity contribution >= 4 is 34.8 Å². The fourth-order valence-corrected chi connectivity index (χ4v) is 2.80. The molecule has 2 aromatic carbocycles. The molecule has 0 aliphatic carbocycles. The zero-order valence-corrected chi connectivity index (χ0v) is 14.7. The molecule has 1 N–H and O–H groups in total. The van der Waals surface area contributed by atoms with Gasteiger partial charge in [0.15, 0.2) is 0 Å². The maximum atomic E-state index is 12.7. The molecule has 0 bridgehead atoms. The number of aromatic nitrogens is 3. The molecule has 0 spiro atoms. The number of urea groups is 1. The van der Waals surface area contributed by atoms with E-state index in [1.165, 1.54) is 0 Å². The molecule has 28 heavy (non-hydrogen) atoms. The van der Waals surface area contributed by atoms with Gasteiger partial charge in [0.25, 0.3) is 0 Å². The second-order valence-corrected chi connectivity index (χ2v) is 5.93. The fraction of sp³-hybridized carbons (Fsp3) is 0. The Balaban J connectivity index is 1.58. The SMILES string of the molecule is O=CN(C(=O)Nc1cccc(-c2ccccn2)c1)c1ccc2nccnc2c1. The zero-order valence-electron chi connectivity index (χ0n) is 14.7. The standard InChI is InChI=1S/C21H15N5O2/c27-14-26(17-7-8-19-20(13-17)24-11-10-23-19)21(28)25-16-5-3-4-15(12-16)18-6-1-2-9-22-18/h1-14H,(H,25,28). The van der Waals surface area contributed by atoms with Gasteiger partial charge in [0.05, 0.1) is 22.4 Å². The topological polar surface area (TPSA) is 88.1 Å². The van der Waals surface area contributed by atoms with Gasteiger partial charge in [-0.1, -0.05) is 18.2 Å². The van der Waals surface area contributed by atoms with E-state index in [2.05, 4.69) is 20.3 Å². The number of nitrogens with one attached hydrogen (secondary N) is 1. The first kappa shape index (κ1) is 17.3. The third kappa shape index (κ3) is 3.54. The number of imide groups is 1. The molecular weight excluding hydrogens is 354 g/mol. The number of hydrogen-bond acceptors (Lipinski definition) is 5. The van der Waals surface area contributed by atoms with E-state index in [1.54, 1.807) is 48.9 Å². The predicted octanol–water partition coefficient (Wildman–Crippen LogP) is 3.89. The number of carbonyl (C=O) groups is 2. The summed E-state index contributed by atoms with van der Waals surface area (Å²) in [6.45, 7) is 0. The van der Waals surface area contributed by atoms with Gasteiger partial charge in [-0.3, -0.25) is 19.7 Å². The third-order valence-electron chi connectivity index (χ3n) is 4.13. The van der Waals surface area contributed by atoms with Gasteiger partial charge >= 0.3 is 6.03 Å². The molecule has 0 unspecified atom stereocenters. The summed E-state index contributed by atoms with van der Waals surface area (Å²) < 4.78 is 0. The quantitative estimate of drug-likeness (QED) is 0.552. The van der Waals surface area contributed by atoms with Crippen LogP contribution in [0.3, 0.4) is 0 Å². The average molecular weight is 369 g/mol. The van der Waals surface area contributed by atoms with E-state index in [1.807, 2.05) is 30.3 Å². The minimum absolute atomic E-state index is 0.404. The molecule has 4 rings (SSSR count). The van der Waals surface area contributed by atoms with Crippen molar-refractivity contribution in [1.82, 2.24) is 15.0 Å². The van der Waals surface area contributed by atoms with Crippen molar-refractivity contribution in [1.29, 1.82) is 0 Å². The van der Waals surface area contributed by atoms with Gasteiger partial charge in [0, 0.05) is 29.8 Å². The van der Waals surface area contributed by atoms with Crippen LogP contribution < -0.4 is 10.2 Å². The van der Waals surface area contributed by atoms with Crippen molar-refractivity contribution in [2.45, 2.75) is 0 Å². The highest BCUT2D eigenvalue weighted by Crippen LogP contribution is 2.22. The second kappa shape index (κ2) is 7.63. The molecule has 0 radical (unpaired) electrons. The molecule has 7 heteroatoms. The number of pyridine rings is 1. The number of fused-ring (bicyclic) bond motifs is 1. The Morgan fingerprint density at radius 3 is 2.50 bits per heavy atom. The number of nitrogens with zero attached hydrogens (tertiary/aromatic N) is 4. The molecule has 0 atom stereocenters. The number of anilines is 2. The lowest BCUT2D eigenvalue weighted by Crippen LogP contribution is -2.33. The van der Waals surface area contributed by atoms with Crippen LogP contribution in [0.5, 0.6) is 0 Å². The van der Waals surface area contributed by atoms with E-state index >= 15 is 0 Å². The number of hydrogen-bond donors (Lipinski definition) is 1. The van der Waals surface area contributed by atoms with Gasteiger partial charge in [-0.25, -0.2) is 9.69 Å². The Morgan fingerprint density at radius 1 is 0.857 bits per heavy atom. The number of rotatable bonds is 4. The van der Waals surface area contributed by atoms with Gasteiger partial charge in [-0.15, -0.1) is 0 Å². The van der Waals surface area contributed by atoms with Crippen molar-refractivity contribution in [3.63, 3.8) is 0 Å². The van der Waals surface area contributed by atoms with Gasteiger partial charge < -0.3 is 5.32 Å². The maximum Gasteiger partial charge on any atom is 0.332 e. The molecule has 136 valence electrons. The van der Waals surface area contributed by atoms with Gasteiger partial charge in [0.1, 0.15) is 0 Å². The highest BCUT2D eigenvalue weighted by molar-refractivity contribution is 6.12. The molecular formula is C21H15N5O2. The minimum atomic E-state index is -0.573. The van der Waals surface area contributed by atoms with E-state index in [4.69, 9.17) is 0 Å². The van der Waals surface area contributed by atoms with E-state index in [9.17, 15) is 9.59 Å². The molecule has 0 saturated heterocycles. The molecule has 2 heterocycles. The van der Waals surface area contributed by atoms with Gasteiger partial charge in [-0.05, 0) is 42.5 Å². The van der Waals surface area contributed by atoms with Crippen molar-refractivity contribution in [2.75, 3.05) is 10.2 Å². The van der Waals surface area contributed by atoms with Crippen molar-refractivity contribution in [3.05, 3.63) is 79.3 Å². The van der Waals surface area contributed by atoms with E-state index in [0.717, 1.165) is 16.2 Å². The largest absolute Gasteiger partial charge is 0.332 e. The van der Waals surface area contributed by atoms with Crippen LogP contribution in [0.2, 0.25) is 0 Å². The summed E-state index contributed by atoms with van der Waals surface area (Å²) in [5.74, 6) is 0. The third-order valence-corrected chi connectivity index (χ3v) is 4.13. The van der Waals surface area contributed by atoms with Crippen LogP contribution in [0.1, 0.15) is 0 Å². The van der Waals surface area contributed by atoms with Gasteiger partial charge in [0.2, 0.25) is 6.41 Å². The Labute approximate surface area is 160 Å². The highest BCUT2D eigenvalue weighted by atomic mass is 16.2. The lowest BCUT2D eigenvalue weighted by Gasteiger charge is -2.17. The Morgan fingerprint density at radius 2 is 1.71 bits per heavy atom. The number of amides is 3. The van der Waals surface area contributed by atoms with Crippen molar-refractivity contribution in [3.8, 4) is 11.3 Å². The fourth-order valence-electron chi connectivity index (χ4n) is 2.80. The Hall–Kier alpha value is -4.13. The summed E-state index contributed by atoms with van der Waals surface area (Å²) >= 11 is 0. The molecule has 0 aliphatic heterocycles. The van der Waals surface area contributed by atoms with Gasteiger partial charge in [-0.2, -0.15) is 0 Å². The minimum Gasteiger partial charge on any atom is -0.307 e. The van der Waals surface area contributed by atoms with Crippen molar-refractivity contribution < 1.29 is 9.59 Å². The summed E-state index contributed by atoms with van der Waals surface area (Å²) in [5, 5.41) is 2.74. The molecule has 3 amide bonds. The second-order valence-electron chi connectivity index (χ2n) is 5.93. The Bertz CT molecular complexity index is 1150. The molecule has 0 fully saturated rings. The van der Waals surface area contributed by atoms with Crippen LogP contribution in [-0.2, 0) is 4.79 Å². The maximum absolute atomic E-state index is 12.7. The molecule has 4 aromatic rings. The van der Waals surface area contributed by atoms with E-state index < -0.39 is 6.03 Å². The normalized spacial score (nSPS) is 10.4. The van der Waals surface area contributed by atoms with Crippen molar-refractivity contribution in [2.24, 2.45) is 0 Å². The first-order valence-electron chi connectivity index (χ1n) is 8.52.